The first-order chi connectivity index (χ1) is 13.2. The molecule has 6 nitrogen and oxygen atoms in total. The van der Waals surface area contributed by atoms with Gasteiger partial charge in [-0.1, -0.05) is 11.3 Å². The largest absolute Gasteiger partial charge is 0.466 e. The fourth-order valence-electron chi connectivity index (χ4n) is 3.41. The van der Waals surface area contributed by atoms with Crippen LogP contribution in [0.4, 0.5) is 0 Å². The van der Waals surface area contributed by atoms with E-state index in [1.54, 1.807) is 23.2 Å². The van der Waals surface area contributed by atoms with Crippen molar-refractivity contribution in [1.29, 1.82) is 0 Å². The minimum atomic E-state index is -0.227. The number of thiazole rings is 1. The number of nitrogens with zero attached hydrogens (tertiary/aromatic N) is 3. The Morgan fingerprint density at radius 2 is 2.11 bits per heavy atom. The summed E-state index contributed by atoms with van der Waals surface area (Å²) >= 11 is 1.55. The summed E-state index contributed by atoms with van der Waals surface area (Å²) < 4.78 is 8.06. The molecule has 1 saturated heterocycles. The van der Waals surface area contributed by atoms with Gasteiger partial charge in [0.2, 0.25) is 0 Å². The highest BCUT2D eigenvalue weighted by atomic mass is 32.1. The highest BCUT2D eigenvalue weighted by Gasteiger charge is 2.30. The molecule has 1 aliphatic heterocycles. The Kier molecular flexibility index (Phi) is 4.94. The van der Waals surface area contributed by atoms with Crippen LogP contribution >= 0.6 is 11.3 Å². The number of carbonyl (C=O) groups excluding carboxylic acids is 2. The SMILES string of the molecule is CCOC(=O)[C@@H]1CCCN(C(=O)c2ccc3nc(-n4cccc4)sc3c2)C1. The summed E-state index contributed by atoms with van der Waals surface area (Å²) in [4.78, 5) is 31.4. The fourth-order valence-corrected chi connectivity index (χ4v) is 4.39. The highest BCUT2D eigenvalue weighted by molar-refractivity contribution is 7.20. The Morgan fingerprint density at radius 3 is 2.89 bits per heavy atom. The van der Waals surface area contributed by atoms with E-state index in [1.165, 1.54) is 0 Å². The lowest BCUT2D eigenvalue weighted by Crippen LogP contribution is -2.42. The zero-order valence-corrected chi connectivity index (χ0v) is 15.9. The second kappa shape index (κ2) is 7.52. The lowest BCUT2D eigenvalue weighted by atomic mass is 9.97. The summed E-state index contributed by atoms with van der Waals surface area (Å²) in [6.45, 7) is 3.27. The Labute approximate surface area is 161 Å². The quantitative estimate of drug-likeness (QED) is 0.647. The molecule has 140 valence electrons. The van der Waals surface area contributed by atoms with E-state index >= 15 is 0 Å². The van der Waals surface area contributed by atoms with Gasteiger partial charge in [-0.2, -0.15) is 0 Å². The summed E-state index contributed by atoms with van der Waals surface area (Å²) in [6, 6.07) is 9.52. The molecular formula is C20H21N3O3S. The standard InChI is InChI=1S/C20H21N3O3S/c1-2-26-19(25)15-6-5-11-23(13-15)18(24)14-7-8-16-17(12-14)27-20(21-16)22-9-3-4-10-22/h3-4,7-10,12,15H,2,5-6,11,13H2,1H3/t15-/m1/s1. The smallest absolute Gasteiger partial charge is 0.310 e. The average Bonchev–Trinajstić information content (AvgIpc) is 3.36. The van der Waals surface area contributed by atoms with Gasteiger partial charge < -0.3 is 14.2 Å². The van der Waals surface area contributed by atoms with Crippen molar-refractivity contribution in [3.8, 4) is 5.13 Å². The van der Waals surface area contributed by atoms with Crippen LogP contribution < -0.4 is 0 Å². The van der Waals surface area contributed by atoms with Crippen molar-refractivity contribution >= 4 is 33.4 Å². The molecule has 27 heavy (non-hydrogen) atoms. The van der Waals surface area contributed by atoms with Crippen molar-refractivity contribution in [2.45, 2.75) is 19.8 Å². The zero-order chi connectivity index (χ0) is 18.8. The van der Waals surface area contributed by atoms with E-state index in [0.717, 1.165) is 28.2 Å². The molecule has 0 bridgehead atoms. The minimum absolute atomic E-state index is 0.0400. The van der Waals surface area contributed by atoms with E-state index in [-0.39, 0.29) is 17.8 Å². The molecule has 0 saturated carbocycles. The lowest BCUT2D eigenvalue weighted by molar-refractivity contribution is -0.149. The Morgan fingerprint density at radius 1 is 1.30 bits per heavy atom. The molecule has 3 aromatic rings. The third kappa shape index (κ3) is 3.60. The summed E-state index contributed by atoms with van der Waals surface area (Å²) in [6.07, 6.45) is 5.49. The van der Waals surface area contributed by atoms with Gasteiger partial charge in [-0.15, -0.1) is 0 Å². The first-order valence-corrected chi connectivity index (χ1v) is 9.97. The average molecular weight is 383 g/mol. The molecule has 0 aliphatic carbocycles. The van der Waals surface area contributed by atoms with Crippen LogP contribution in [0.15, 0.2) is 42.7 Å². The maximum atomic E-state index is 13.0. The van der Waals surface area contributed by atoms with Gasteiger partial charge >= 0.3 is 5.97 Å². The van der Waals surface area contributed by atoms with E-state index in [0.29, 0.717) is 25.3 Å². The van der Waals surface area contributed by atoms with Crippen molar-refractivity contribution in [2.24, 2.45) is 5.92 Å². The maximum absolute atomic E-state index is 13.0. The molecule has 4 rings (SSSR count). The molecule has 1 fully saturated rings. The number of esters is 1. The van der Waals surface area contributed by atoms with Crippen molar-refractivity contribution in [3.05, 3.63) is 48.3 Å². The summed E-state index contributed by atoms with van der Waals surface area (Å²) in [7, 11) is 0. The van der Waals surface area contributed by atoms with Crippen molar-refractivity contribution < 1.29 is 14.3 Å². The summed E-state index contributed by atoms with van der Waals surface area (Å²) in [5.74, 6) is -0.471. The molecule has 0 radical (unpaired) electrons. The number of fused-ring (bicyclic) bond motifs is 1. The Hall–Kier alpha value is -2.67. The number of carbonyl (C=O) groups is 2. The summed E-state index contributed by atoms with van der Waals surface area (Å²) in [5.41, 5.74) is 1.51. The number of hydrogen-bond acceptors (Lipinski definition) is 5. The van der Waals surface area contributed by atoms with Crippen LogP contribution in [-0.2, 0) is 9.53 Å². The van der Waals surface area contributed by atoms with Gasteiger partial charge in [0, 0.05) is 31.0 Å². The third-order valence-electron chi connectivity index (χ3n) is 4.78. The molecule has 3 heterocycles. The molecule has 0 unspecified atom stereocenters. The number of ether oxygens (including phenoxy) is 1. The molecule has 0 N–H and O–H groups in total. The van der Waals surface area contributed by atoms with Crippen molar-refractivity contribution in [2.75, 3.05) is 19.7 Å². The van der Waals surface area contributed by atoms with E-state index in [1.807, 2.05) is 47.3 Å². The topological polar surface area (TPSA) is 64.4 Å². The minimum Gasteiger partial charge on any atom is -0.466 e. The van der Waals surface area contributed by atoms with Crippen LogP contribution in [-0.4, -0.2) is 46.0 Å². The van der Waals surface area contributed by atoms with Gasteiger partial charge in [0.25, 0.3) is 5.91 Å². The fraction of sp³-hybridized carbons (Fsp3) is 0.350. The van der Waals surface area contributed by atoms with Gasteiger partial charge in [0.15, 0.2) is 5.13 Å². The molecule has 2 aromatic heterocycles. The normalized spacial score (nSPS) is 17.2. The van der Waals surface area contributed by atoms with Crippen molar-refractivity contribution in [1.82, 2.24) is 14.5 Å². The number of hydrogen-bond donors (Lipinski definition) is 0. The van der Waals surface area contributed by atoms with Crippen LogP contribution in [0.5, 0.6) is 0 Å². The molecule has 7 heteroatoms. The van der Waals surface area contributed by atoms with Gasteiger partial charge in [-0.05, 0) is 50.1 Å². The highest BCUT2D eigenvalue weighted by Crippen LogP contribution is 2.27. The van der Waals surface area contributed by atoms with E-state index < -0.39 is 0 Å². The van der Waals surface area contributed by atoms with E-state index in [9.17, 15) is 9.59 Å². The van der Waals surface area contributed by atoms with Crippen LogP contribution in [0, 0.1) is 5.92 Å². The number of aromatic nitrogens is 2. The second-order valence-corrected chi connectivity index (χ2v) is 7.62. The molecule has 1 amide bonds. The predicted molar refractivity (Wildman–Crippen MR) is 104 cm³/mol. The van der Waals surface area contributed by atoms with Crippen LogP contribution in [0.3, 0.4) is 0 Å². The second-order valence-electron chi connectivity index (χ2n) is 6.61. The van der Waals surface area contributed by atoms with Gasteiger partial charge in [-0.3, -0.25) is 9.59 Å². The van der Waals surface area contributed by atoms with Gasteiger partial charge in [-0.25, -0.2) is 4.98 Å². The van der Waals surface area contributed by atoms with Crippen LogP contribution in [0.2, 0.25) is 0 Å². The van der Waals surface area contributed by atoms with Gasteiger partial charge in [0.1, 0.15) is 0 Å². The van der Waals surface area contributed by atoms with Gasteiger partial charge in [0.05, 0.1) is 22.7 Å². The third-order valence-corrected chi connectivity index (χ3v) is 5.81. The molecule has 0 spiro atoms. The lowest BCUT2D eigenvalue weighted by Gasteiger charge is -2.31. The zero-order valence-electron chi connectivity index (χ0n) is 15.1. The first-order valence-electron chi connectivity index (χ1n) is 9.15. The molecule has 1 aliphatic rings. The van der Waals surface area contributed by atoms with E-state index in [4.69, 9.17) is 4.74 Å². The molecule has 1 aromatic carbocycles. The monoisotopic (exact) mass is 383 g/mol. The van der Waals surface area contributed by atoms with Crippen molar-refractivity contribution in [3.63, 3.8) is 0 Å². The Bertz CT molecular complexity index is 964. The number of likely N-dealkylation sites (tertiary alicyclic amines) is 1. The molecular weight excluding hydrogens is 362 g/mol. The maximum Gasteiger partial charge on any atom is 0.310 e. The number of amides is 1. The van der Waals surface area contributed by atoms with Crippen LogP contribution in [0.25, 0.3) is 15.3 Å². The number of rotatable bonds is 4. The van der Waals surface area contributed by atoms with Crippen LogP contribution in [0.1, 0.15) is 30.1 Å². The Balaban J connectivity index is 1.54. The summed E-state index contributed by atoms with van der Waals surface area (Å²) in [5, 5.41) is 0.875. The first kappa shape index (κ1) is 17.7. The number of benzene rings is 1. The molecule has 1 atom stereocenters. The van der Waals surface area contributed by atoms with E-state index in [2.05, 4.69) is 4.98 Å². The number of piperidine rings is 1. The predicted octanol–water partition coefficient (Wildman–Crippen LogP) is 3.50.